The first-order chi connectivity index (χ1) is 12.3. The lowest BCUT2D eigenvalue weighted by atomic mass is 10.1. The van der Waals surface area contributed by atoms with Crippen molar-refractivity contribution in [1.29, 1.82) is 0 Å². The van der Waals surface area contributed by atoms with Gasteiger partial charge in [0.15, 0.2) is 0 Å². The van der Waals surface area contributed by atoms with E-state index in [0.29, 0.717) is 11.3 Å². The fourth-order valence-electron chi connectivity index (χ4n) is 2.71. The predicted octanol–water partition coefficient (Wildman–Crippen LogP) is 5.28. The highest BCUT2D eigenvalue weighted by molar-refractivity contribution is 5.41. The molecule has 3 heteroatoms. The Morgan fingerprint density at radius 1 is 0.800 bits per heavy atom. The molecule has 1 aromatic carbocycles. The number of hydrogen-bond acceptors (Lipinski definition) is 3. The number of allylic oxidation sites excluding steroid dienone is 5. The van der Waals surface area contributed by atoms with Crippen LogP contribution in [0.1, 0.15) is 58.3 Å². The summed E-state index contributed by atoms with van der Waals surface area (Å²) in [6.07, 6.45) is 17.5. The summed E-state index contributed by atoms with van der Waals surface area (Å²) in [6, 6.07) is 7.23. The third kappa shape index (κ3) is 7.51. The zero-order valence-electron chi connectivity index (χ0n) is 15.2. The molecule has 3 nitrogen and oxygen atoms in total. The summed E-state index contributed by atoms with van der Waals surface area (Å²) >= 11 is 0. The minimum Gasteiger partial charge on any atom is -0.579 e. The van der Waals surface area contributed by atoms with Crippen LogP contribution in [-0.4, -0.2) is 6.61 Å². The van der Waals surface area contributed by atoms with Gasteiger partial charge in [-0.3, -0.25) is 0 Å². The van der Waals surface area contributed by atoms with Crippen LogP contribution < -0.4 is 14.6 Å². The molecule has 0 heterocycles. The fraction of sp³-hybridized carbons (Fsp3) is 0.455. The van der Waals surface area contributed by atoms with Gasteiger partial charge in [0, 0.05) is 5.75 Å². The second-order valence-electron chi connectivity index (χ2n) is 6.36. The van der Waals surface area contributed by atoms with Crippen LogP contribution in [0.4, 0.5) is 0 Å². The number of benzene rings is 1. The monoisotopic (exact) mass is 341 g/mol. The Balaban J connectivity index is 1.60. The van der Waals surface area contributed by atoms with Crippen molar-refractivity contribution in [3.05, 3.63) is 60.1 Å². The van der Waals surface area contributed by atoms with E-state index in [1.807, 2.05) is 24.3 Å². The smallest absolute Gasteiger partial charge is 0.119 e. The van der Waals surface area contributed by atoms with Crippen LogP contribution in [0.15, 0.2) is 60.1 Å². The van der Waals surface area contributed by atoms with Gasteiger partial charge in [0.25, 0.3) is 0 Å². The van der Waals surface area contributed by atoms with Crippen molar-refractivity contribution in [1.82, 2.24) is 0 Å². The molecule has 0 radical (unpaired) electrons. The number of hydrogen-bond donors (Lipinski definition) is 0. The maximum absolute atomic E-state index is 11.9. The summed E-state index contributed by atoms with van der Waals surface area (Å²) in [5.74, 6) is 1.01. The number of ether oxygens (including phenoxy) is 2. The molecule has 0 saturated carbocycles. The Morgan fingerprint density at radius 2 is 1.36 bits per heavy atom. The third-order valence-corrected chi connectivity index (χ3v) is 4.20. The minimum absolute atomic E-state index is 0.336. The zero-order valence-corrected chi connectivity index (χ0v) is 15.2. The average Bonchev–Trinajstić information content (AvgIpc) is 3.16. The normalized spacial score (nSPS) is 12.6. The van der Waals surface area contributed by atoms with Crippen molar-refractivity contribution in [3.63, 3.8) is 0 Å². The summed E-state index contributed by atoms with van der Waals surface area (Å²) in [5.41, 5.74) is 0.565. The molecule has 0 N–H and O–H groups in total. The van der Waals surface area contributed by atoms with Gasteiger partial charge in [-0.05, 0) is 36.3 Å². The van der Waals surface area contributed by atoms with Crippen LogP contribution in [-0.2, 0) is 0 Å². The molecule has 25 heavy (non-hydrogen) atoms. The van der Waals surface area contributed by atoms with Crippen molar-refractivity contribution in [2.45, 2.75) is 58.3 Å². The molecular formula is C22H29O3-. The molecule has 0 saturated heterocycles. The first kappa shape index (κ1) is 19.2. The van der Waals surface area contributed by atoms with E-state index >= 15 is 0 Å². The van der Waals surface area contributed by atoms with E-state index in [0.717, 1.165) is 18.8 Å². The summed E-state index contributed by atoms with van der Waals surface area (Å²) in [4.78, 5) is 0. The molecule has 0 aromatic heterocycles. The molecule has 0 atom stereocenters. The first-order valence-corrected chi connectivity index (χ1v) is 9.46. The van der Waals surface area contributed by atoms with E-state index in [1.165, 1.54) is 44.9 Å². The summed E-state index contributed by atoms with van der Waals surface area (Å²) in [6.45, 7) is 2.98. The highest BCUT2D eigenvalue weighted by atomic mass is 16.6. The van der Waals surface area contributed by atoms with Gasteiger partial charge in [-0.1, -0.05) is 76.2 Å². The number of rotatable bonds is 12. The predicted molar refractivity (Wildman–Crippen MR) is 100 cm³/mol. The quantitative estimate of drug-likeness (QED) is 0.383. The Bertz CT molecular complexity index is 568. The van der Waals surface area contributed by atoms with Crippen molar-refractivity contribution in [3.8, 4) is 11.5 Å². The van der Waals surface area contributed by atoms with Crippen molar-refractivity contribution in [2.75, 3.05) is 6.61 Å². The van der Waals surface area contributed by atoms with Gasteiger partial charge in [-0.15, -0.1) is 0 Å². The van der Waals surface area contributed by atoms with Gasteiger partial charge >= 0.3 is 0 Å². The SMILES string of the molecule is CCCCCCCCCCOc1ccc(OC([O-])=C2C=CC=C2)cc1. The molecule has 1 aliphatic carbocycles. The highest BCUT2D eigenvalue weighted by Gasteiger charge is 1.98. The first-order valence-electron chi connectivity index (χ1n) is 9.46. The average molecular weight is 341 g/mol. The molecule has 1 aromatic rings. The molecular weight excluding hydrogens is 312 g/mol. The summed E-state index contributed by atoms with van der Waals surface area (Å²) in [7, 11) is 0. The van der Waals surface area contributed by atoms with Crippen molar-refractivity contribution >= 4 is 0 Å². The lowest BCUT2D eigenvalue weighted by molar-refractivity contribution is -0.343. The van der Waals surface area contributed by atoms with E-state index in [-0.39, 0.29) is 5.95 Å². The second kappa shape index (κ2) is 11.4. The molecule has 136 valence electrons. The van der Waals surface area contributed by atoms with Crippen molar-refractivity contribution < 1.29 is 14.6 Å². The van der Waals surface area contributed by atoms with Crippen LogP contribution in [0.5, 0.6) is 11.5 Å². The lowest BCUT2D eigenvalue weighted by Crippen LogP contribution is -2.12. The molecule has 0 unspecified atom stereocenters. The lowest BCUT2D eigenvalue weighted by Gasteiger charge is -2.17. The summed E-state index contributed by atoms with van der Waals surface area (Å²) in [5, 5.41) is 11.9. The molecule has 0 aliphatic heterocycles. The molecule has 0 bridgehead atoms. The third-order valence-electron chi connectivity index (χ3n) is 4.20. The van der Waals surface area contributed by atoms with Gasteiger partial charge < -0.3 is 14.6 Å². The largest absolute Gasteiger partial charge is 0.579 e. The zero-order chi connectivity index (χ0) is 17.7. The summed E-state index contributed by atoms with van der Waals surface area (Å²) < 4.78 is 11.1. The second-order valence-corrected chi connectivity index (χ2v) is 6.36. The Hall–Kier alpha value is -2.16. The maximum Gasteiger partial charge on any atom is 0.119 e. The van der Waals surface area contributed by atoms with E-state index in [2.05, 4.69) is 6.92 Å². The Labute approximate surface area is 151 Å². The fourth-order valence-corrected chi connectivity index (χ4v) is 2.71. The maximum atomic E-state index is 11.9. The van der Waals surface area contributed by atoms with Crippen LogP contribution in [0.3, 0.4) is 0 Å². The van der Waals surface area contributed by atoms with Gasteiger partial charge in [0.2, 0.25) is 0 Å². The van der Waals surface area contributed by atoms with Crippen LogP contribution in [0.2, 0.25) is 0 Å². The van der Waals surface area contributed by atoms with E-state index < -0.39 is 0 Å². The minimum atomic E-state index is -0.336. The number of unbranched alkanes of at least 4 members (excludes halogenated alkanes) is 7. The Morgan fingerprint density at radius 3 is 2.00 bits per heavy atom. The Kier molecular flexibility index (Phi) is 8.74. The van der Waals surface area contributed by atoms with Crippen LogP contribution >= 0.6 is 0 Å². The van der Waals surface area contributed by atoms with Gasteiger partial charge in [-0.25, -0.2) is 0 Å². The van der Waals surface area contributed by atoms with Gasteiger partial charge in [0.05, 0.1) is 12.6 Å². The van der Waals surface area contributed by atoms with E-state index in [1.54, 1.807) is 24.3 Å². The van der Waals surface area contributed by atoms with Gasteiger partial charge in [0.1, 0.15) is 5.75 Å². The highest BCUT2D eigenvalue weighted by Crippen LogP contribution is 2.21. The molecule has 0 amide bonds. The molecule has 2 rings (SSSR count). The topological polar surface area (TPSA) is 41.5 Å². The molecule has 0 spiro atoms. The molecule has 1 aliphatic rings. The van der Waals surface area contributed by atoms with E-state index in [9.17, 15) is 5.11 Å². The van der Waals surface area contributed by atoms with Crippen LogP contribution in [0, 0.1) is 0 Å². The van der Waals surface area contributed by atoms with E-state index in [4.69, 9.17) is 9.47 Å². The van der Waals surface area contributed by atoms with Crippen molar-refractivity contribution in [2.24, 2.45) is 0 Å². The van der Waals surface area contributed by atoms with Gasteiger partial charge in [-0.2, -0.15) is 0 Å². The molecule has 0 fully saturated rings. The van der Waals surface area contributed by atoms with Crippen LogP contribution in [0.25, 0.3) is 0 Å². The standard InChI is InChI=1S/C22H30O3/c1-2-3-4-5-6-7-8-11-18-24-20-14-16-21(17-15-20)25-22(23)19-12-9-10-13-19/h9-10,12-17,23H,2-8,11,18H2,1H3/p-1.